The van der Waals surface area contributed by atoms with Gasteiger partial charge in [0.25, 0.3) is 0 Å². The summed E-state index contributed by atoms with van der Waals surface area (Å²) in [7, 11) is 1.65. The molecule has 27 heavy (non-hydrogen) atoms. The summed E-state index contributed by atoms with van der Waals surface area (Å²) in [5.41, 5.74) is 1.78. The molecular weight excluding hydrogens is 340 g/mol. The highest BCUT2D eigenvalue weighted by Gasteiger charge is 2.08. The third kappa shape index (κ3) is 5.10. The molecule has 3 aromatic rings. The zero-order chi connectivity index (χ0) is 19.2. The van der Waals surface area contributed by atoms with Crippen molar-refractivity contribution in [2.75, 3.05) is 17.7 Å². The number of para-hydroxylation sites is 2. The predicted molar refractivity (Wildman–Crippen MR) is 109 cm³/mol. The summed E-state index contributed by atoms with van der Waals surface area (Å²) in [6.07, 6.45) is 0.0902. The van der Waals surface area contributed by atoms with Gasteiger partial charge in [0.05, 0.1) is 18.9 Å². The molecule has 0 amide bonds. The Kier molecular flexibility index (Phi) is 5.76. The molecular formula is C21H24N4O2. The molecule has 6 heteroatoms. The molecule has 0 unspecified atom stereocenters. The molecule has 0 fully saturated rings. The van der Waals surface area contributed by atoms with Crippen LogP contribution < -0.4 is 20.1 Å². The van der Waals surface area contributed by atoms with Crippen LogP contribution in [0.1, 0.15) is 19.7 Å². The number of aryl methyl sites for hydroxylation is 1. The number of aromatic nitrogens is 2. The maximum Gasteiger partial charge on any atom is 0.143 e. The number of hydrogen-bond donors (Lipinski definition) is 2. The fraction of sp³-hybridized carbons (Fsp3) is 0.238. The van der Waals surface area contributed by atoms with Crippen molar-refractivity contribution in [3.05, 3.63) is 60.4 Å². The summed E-state index contributed by atoms with van der Waals surface area (Å²) in [5.74, 6) is 3.66. The molecule has 0 aliphatic carbocycles. The van der Waals surface area contributed by atoms with Crippen molar-refractivity contribution in [2.24, 2.45) is 0 Å². The predicted octanol–water partition coefficient (Wildman–Crippen LogP) is 5.07. The highest BCUT2D eigenvalue weighted by molar-refractivity contribution is 5.67. The van der Waals surface area contributed by atoms with Crippen LogP contribution in [0.2, 0.25) is 0 Å². The first-order chi connectivity index (χ1) is 13.0. The van der Waals surface area contributed by atoms with Crippen molar-refractivity contribution in [3.63, 3.8) is 0 Å². The van der Waals surface area contributed by atoms with Crippen LogP contribution in [-0.4, -0.2) is 23.2 Å². The second kappa shape index (κ2) is 8.40. The SMILES string of the molecule is COc1ccc(Nc2cc(Nc3ccccc3OC(C)C)nc(C)n2)cc1. The molecule has 0 radical (unpaired) electrons. The first kappa shape index (κ1) is 18.5. The van der Waals surface area contributed by atoms with E-state index in [0.29, 0.717) is 17.5 Å². The van der Waals surface area contributed by atoms with Crippen LogP contribution in [-0.2, 0) is 0 Å². The molecule has 6 nitrogen and oxygen atoms in total. The molecule has 3 rings (SSSR count). The Morgan fingerprint density at radius 3 is 2.22 bits per heavy atom. The molecule has 1 aromatic heterocycles. The van der Waals surface area contributed by atoms with Crippen LogP contribution in [0, 0.1) is 6.92 Å². The Labute approximate surface area is 159 Å². The average molecular weight is 364 g/mol. The number of benzene rings is 2. The maximum absolute atomic E-state index is 5.86. The van der Waals surface area contributed by atoms with E-state index in [1.54, 1.807) is 7.11 Å². The normalized spacial score (nSPS) is 10.6. The van der Waals surface area contributed by atoms with E-state index in [2.05, 4.69) is 20.6 Å². The highest BCUT2D eigenvalue weighted by Crippen LogP contribution is 2.28. The molecule has 0 saturated heterocycles. The lowest BCUT2D eigenvalue weighted by Gasteiger charge is -2.16. The highest BCUT2D eigenvalue weighted by atomic mass is 16.5. The van der Waals surface area contributed by atoms with Gasteiger partial charge in [-0.3, -0.25) is 0 Å². The summed E-state index contributed by atoms with van der Waals surface area (Å²) in [6, 6.07) is 17.3. The van der Waals surface area contributed by atoms with Gasteiger partial charge in [0.15, 0.2) is 0 Å². The van der Waals surface area contributed by atoms with Gasteiger partial charge in [0.2, 0.25) is 0 Å². The molecule has 0 aliphatic rings. The second-order valence-corrected chi connectivity index (χ2v) is 6.33. The quantitative estimate of drug-likeness (QED) is 0.610. The van der Waals surface area contributed by atoms with E-state index >= 15 is 0 Å². The van der Waals surface area contributed by atoms with Gasteiger partial charge in [0, 0.05) is 11.8 Å². The molecule has 0 saturated carbocycles. The van der Waals surface area contributed by atoms with Crippen LogP contribution in [0.3, 0.4) is 0 Å². The topological polar surface area (TPSA) is 68.3 Å². The number of hydrogen-bond acceptors (Lipinski definition) is 6. The number of anilines is 4. The lowest BCUT2D eigenvalue weighted by molar-refractivity contribution is 0.244. The van der Waals surface area contributed by atoms with Crippen LogP contribution >= 0.6 is 0 Å². The zero-order valence-corrected chi connectivity index (χ0v) is 16.0. The molecule has 1 heterocycles. The van der Waals surface area contributed by atoms with Gasteiger partial charge in [-0.05, 0) is 57.2 Å². The minimum Gasteiger partial charge on any atom is -0.497 e. The molecule has 0 atom stereocenters. The number of nitrogens with zero attached hydrogens (tertiary/aromatic N) is 2. The van der Waals surface area contributed by atoms with Gasteiger partial charge >= 0.3 is 0 Å². The fourth-order valence-corrected chi connectivity index (χ4v) is 2.58. The Morgan fingerprint density at radius 1 is 0.889 bits per heavy atom. The first-order valence-electron chi connectivity index (χ1n) is 8.83. The summed E-state index contributed by atoms with van der Waals surface area (Å²) < 4.78 is 11.0. The number of methoxy groups -OCH3 is 1. The summed E-state index contributed by atoms with van der Waals surface area (Å²) in [5, 5.41) is 6.62. The number of nitrogens with one attached hydrogen (secondary N) is 2. The van der Waals surface area contributed by atoms with Crippen molar-refractivity contribution in [1.29, 1.82) is 0 Å². The largest absolute Gasteiger partial charge is 0.497 e. The molecule has 0 aliphatic heterocycles. The van der Waals surface area contributed by atoms with Crippen molar-refractivity contribution < 1.29 is 9.47 Å². The monoisotopic (exact) mass is 364 g/mol. The summed E-state index contributed by atoms with van der Waals surface area (Å²) in [4.78, 5) is 8.94. The van der Waals surface area contributed by atoms with Gasteiger partial charge < -0.3 is 20.1 Å². The van der Waals surface area contributed by atoms with Crippen LogP contribution in [0.5, 0.6) is 11.5 Å². The van der Waals surface area contributed by atoms with E-state index in [4.69, 9.17) is 9.47 Å². The Bertz CT molecular complexity index is 895. The molecule has 2 N–H and O–H groups in total. The molecule has 140 valence electrons. The third-order valence-corrected chi connectivity index (χ3v) is 3.71. The smallest absolute Gasteiger partial charge is 0.143 e. The number of rotatable bonds is 7. The van der Waals surface area contributed by atoms with E-state index in [-0.39, 0.29) is 6.10 Å². The molecule has 2 aromatic carbocycles. The third-order valence-electron chi connectivity index (χ3n) is 3.71. The van der Waals surface area contributed by atoms with Crippen molar-refractivity contribution >= 4 is 23.0 Å². The van der Waals surface area contributed by atoms with Crippen LogP contribution in [0.4, 0.5) is 23.0 Å². The van der Waals surface area contributed by atoms with Gasteiger partial charge in [0.1, 0.15) is 29.0 Å². The zero-order valence-electron chi connectivity index (χ0n) is 16.0. The van der Waals surface area contributed by atoms with Gasteiger partial charge in [-0.25, -0.2) is 9.97 Å². The lowest BCUT2D eigenvalue weighted by atomic mass is 10.2. The standard InChI is InChI=1S/C21H24N4O2/c1-14(2)27-19-8-6-5-7-18(19)25-21-13-20(22-15(3)23-21)24-16-9-11-17(26-4)12-10-16/h5-14H,1-4H3,(H2,22,23,24,25). The Hall–Kier alpha value is -3.28. The lowest BCUT2D eigenvalue weighted by Crippen LogP contribution is -2.08. The van der Waals surface area contributed by atoms with Gasteiger partial charge in [-0.1, -0.05) is 12.1 Å². The first-order valence-corrected chi connectivity index (χ1v) is 8.83. The van der Waals surface area contributed by atoms with E-state index in [1.165, 1.54) is 0 Å². The summed E-state index contributed by atoms with van der Waals surface area (Å²) in [6.45, 7) is 5.87. The van der Waals surface area contributed by atoms with E-state index in [1.807, 2.05) is 75.4 Å². The van der Waals surface area contributed by atoms with Gasteiger partial charge in [-0.2, -0.15) is 0 Å². The minimum absolute atomic E-state index is 0.0902. The Morgan fingerprint density at radius 2 is 1.56 bits per heavy atom. The van der Waals surface area contributed by atoms with Crippen LogP contribution in [0.15, 0.2) is 54.6 Å². The average Bonchev–Trinajstić information content (AvgIpc) is 2.63. The maximum atomic E-state index is 5.86. The second-order valence-electron chi connectivity index (χ2n) is 6.33. The van der Waals surface area contributed by atoms with Crippen molar-refractivity contribution in [2.45, 2.75) is 26.9 Å². The summed E-state index contributed by atoms with van der Waals surface area (Å²) >= 11 is 0. The fourth-order valence-electron chi connectivity index (χ4n) is 2.58. The van der Waals surface area contributed by atoms with E-state index < -0.39 is 0 Å². The van der Waals surface area contributed by atoms with Crippen molar-refractivity contribution in [1.82, 2.24) is 9.97 Å². The van der Waals surface area contributed by atoms with E-state index in [0.717, 1.165) is 22.9 Å². The Balaban J connectivity index is 1.81. The van der Waals surface area contributed by atoms with E-state index in [9.17, 15) is 0 Å². The molecule has 0 spiro atoms. The molecule has 0 bridgehead atoms. The number of ether oxygens (including phenoxy) is 2. The van der Waals surface area contributed by atoms with Crippen molar-refractivity contribution in [3.8, 4) is 11.5 Å². The van der Waals surface area contributed by atoms with Crippen LogP contribution in [0.25, 0.3) is 0 Å². The minimum atomic E-state index is 0.0902. The van der Waals surface area contributed by atoms with Gasteiger partial charge in [-0.15, -0.1) is 0 Å².